The fourth-order valence-electron chi connectivity index (χ4n) is 3.93. The molecule has 2 fully saturated rings. The number of carboxylic acids is 1. The molecule has 0 bridgehead atoms. The Bertz CT molecular complexity index is 299. The third kappa shape index (κ3) is 2.42. The molecule has 0 aromatic rings. The second-order valence-electron chi connectivity index (χ2n) is 6.16. The van der Waals surface area contributed by atoms with E-state index < -0.39 is 11.4 Å². The summed E-state index contributed by atoms with van der Waals surface area (Å²) in [6.45, 7) is 5.92. The molecule has 2 rings (SSSR count). The minimum atomic E-state index is -0.605. The summed E-state index contributed by atoms with van der Waals surface area (Å²) in [5.41, 5.74) is -0.521. The van der Waals surface area contributed by atoms with Gasteiger partial charge in [-0.3, -0.25) is 9.69 Å². The topological polar surface area (TPSA) is 40.5 Å². The van der Waals surface area contributed by atoms with Crippen LogP contribution < -0.4 is 0 Å². The van der Waals surface area contributed by atoms with Crippen LogP contribution in [0.5, 0.6) is 0 Å². The van der Waals surface area contributed by atoms with Gasteiger partial charge >= 0.3 is 5.97 Å². The Morgan fingerprint density at radius 2 is 1.89 bits per heavy atom. The van der Waals surface area contributed by atoms with Gasteiger partial charge in [-0.25, -0.2) is 0 Å². The standard InChI is InChI=1S/C15H27NO2/c1-3-15(4-2,14(17)18)11-16-10-9-12-7-5-6-8-13(12)16/h12-13H,3-11H2,1-2H3,(H,17,18). The molecule has 0 amide bonds. The number of carboxylic acid groups (broad SMARTS) is 1. The van der Waals surface area contributed by atoms with Crippen molar-refractivity contribution in [2.45, 2.75) is 64.8 Å². The zero-order valence-electron chi connectivity index (χ0n) is 11.8. The first-order valence-electron chi connectivity index (χ1n) is 7.60. The fraction of sp³-hybridized carbons (Fsp3) is 0.933. The van der Waals surface area contributed by atoms with E-state index in [2.05, 4.69) is 4.90 Å². The van der Waals surface area contributed by atoms with Gasteiger partial charge in [0.15, 0.2) is 0 Å². The first-order chi connectivity index (χ1) is 8.63. The van der Waals surface area contributed by atoms with Crippen LogP contribution in [0.2, 0.25) is 0 Å². The lowest BCUT2D eigenvalue weighted by atomic mass is 9.80. The Kier molecular flexibility index (Phi) is 4.31. The quantitative estimate of drug-likeness (QED) is 0.818. The zero-order valence-corrected chi connectivity index (χ0v) is 11.8. The van der Waals surface area contributed by atoms with E-state index >= 15 is 0 Å². The van der Waals surface area contributed by atoms with Gasteiger partial charge in [0.2, 0.25) is 0 Å². The lowest BCUT2D eigenvalue weighted by molar-refractivity contribution is -0.151. The maximum absolute atomic E-state index is 11.6. The van der Waals surface area contributed by atoms with E-state index in [4.69, 9.17) is 0 Å². The number of likely N-dealkylation sites (tertiary alicyclic amines) is 1. The smallest absolute Gasteiger partial charge is 0.310 e. The molecule has 1 aliphatic heterocycles. The lowest BCUT2D eigenvalue weighted by Gasteiger charge is -2.37. The molecule has 1 aliphatic carbocycles. The van der Waals surface area contributed by atoms with E-state index in [1.807, 2.05) is 13.8 Å². The van der Waals surface area contributed by atoms with Crippen molar-refractivity contribution in [3.63, 3.8) is 0 Å². The highest BCUT2D eigenvalue weighted by molar-refractivity contribution is 5.74. The van der Waals surface area contributed by atoms with Gasteiger partial charge in [-0.15, -0.1) is 0 Å². The Morgan fingerprint density at radius 1 is 1.22 bits per heavy atom. The van der Waals surface area contributed by atoms with Gasteiger partial charge in [-0.05, 0) is 44.6 Å². The van der Waals surface area contributed by atoms with E-state index in [0.717, 1.165) is 31.8 Å². The van der Waals surface area contributed by atoms with Crippen LogP contribution in [0, 0.1) is 11.3 Å². The van der Waals surface area contributed by atoms with E-state index in [0.29, 0.717) is 6.04 Å². The monoisotopic (exact) mass is 253 g/mol. The summed E-state index contributed by atoms with van der Waals surface area (Å²) in [6.07, 6.45) is 8.12. The predicted molar refractivity (Wildman–Crippen MR) is 72.6 cm³/mol. The maximum atomic E-state index is 11.6. The van der Waals surface area contributed by atoms with Gasteiger partial charge in [-0.1, -0.05) is 26.7 Å². The number of hydrogen-bond acceptors (Lipinski definition) is 2. The van der Waals surface area contributed by atoms with Gasteiger partial charge < -0.3 is 5.11 Å². The molecule has 3 nitrogen and oxygen atoms in total. The number of nitrogens with zero attached hydrogens (tertiary/aromatic N) is 1. The van der Waals surface area contributed by atoms with Crippen LogP contribution in [0.15, 0.2) is 0 Å². The van der Waals surface area contributed by atoms with Crippen molar-refractivity contribution < 1.29 is 9.90 Å². The molecule has 0 spiro atoms. The Balaban J connectivity index is 2.05. The summed E-state index contributed by atoms with van der Waals surface area (Å²) in [5.74, 6) is 0.241. The lowest BCUT2D eigenvalue weighted by Crippen LogP contribution is -2.46. The van der Waals surface area contributed by atoms with Crippen LogP contribution in [-0.2, 0) is 4.79 Å². The molecule has 2 aliphatic rings. The van der Waals surface area contributed by atoms with Crippen LogP contribution in [0.3, 0.4) is 0 Å². The SMILES string of the molecule is CCC(CC)(CN1CCC2CCCCC21)C(=O)O. The van der Waals surface area contributed by atoms with Crippen LogP contribution in [0.4, 0.5) is 0 Å². The molecule has 0 radical (unpaired) electrons. The largest absolute Gasteiger partial charge is 0.481 e. The van der Waals surface area contributed by atoms with E-state index in [-0.39, 0.29) is 0 Å². The van der Waals surface area contributed by atoms with Crippen molar-refractivity contribution in [2.24, 2.45) is 11.3 Å². The van der Waals surface area contributed by atoms with Crippen molar-refractivity contribution in [3.05, 3.63) is 0 Å². The number of fused-ring (bicyclic) bond motifs is 1. The second kappa shape index (κ2) is 5.60. The van der Waals surface area contributed by atoms with E-state index in [1.165, 1.54) is 32.1 Å². The van der Waals surface area contributed by atoms with Crippen LogP contribution in [-0.4, -0.2) is 35.1 Å². The number of carbonyl (C=O) groups is 1. The normalized spacial score (nSPS) is 29.2. The molecule has 3 heteroatoms. The van der Waals surface area contributed by atoms with Crippen molar-refractivity contribution in [2.75, 3.05) is 13.1 Å². The third-order valence-electron chi connectivity index (χ3n) is 5.44. The molecule has 2 atom stereocenters. The van der Waals surface area contributed by atoms with Gasteiger partial charge in [0.1, 0.15) is 0 Å². The number of rotatable bonds is 5. The van der Waals surface area contributed by atoms with Crippen molar-refractivity contribution in [1.29, 1.82) is 0 Å². The Morgan fingerprint density at radius 3 is 2.50 bits per heavy atom. The highest BCUT2D eigenvalue weighted by atomic mass is 16.4. The van der Waals surface area contributed by atoms with Crippen LogP contribution in [0.1, 0.15) is 58.8 Å². The first kappa shape index (κ1) is 13.9. The van der Waals surface area contributed by atoms with Crippen molar-refractivity contribution in [1.82, 2.24) is 4.90 Å². The molecule has 0 aromatic heterocycles. The summed E-state index contributed by atoms with van der Waals surface area (Å²) in [6, 6.07) is 0.676. The molecule has 1 heterocycles. The summed E-state index contributed by atoms with van der Waals surface area (Å²) < 4.78 is 0. The molecular formula is C15H27NO2. The van der Waals surface area contributed by atoms with E-state index in [9.17, 15) is 9.90 Å². The van der Waals surface area contributed by atoms with Gasteiger partial charge in [0.25, 0.3) is 0 Å². The summed E-state index contributed by atoms with van der Waals surface area (Å²) in [7, 11) is 0. The van der Waals surface area contributed by atoms with Crippen LogP contribution >= 0.6 is 0 Å². The Hall–Kier alpha value is -0.570. The van der Waals surface area contributed by atoms with E-state index in [1.54, 1.807) is 0 Å². The summed E-state index contributed by atoms with van der Waals surface area (Å²) >= 11 is 0. The van der Waals surface area contributed by atoms with Gasteiger partial charge in [0, 0.05) is 12.6 Å². The highest BCUT2D eigenvalue weighted by Gasteiger charge is 2.42. The molecular weight excluding hydrogens is 226 g/mol. The molecule has 1 saturated carbocycles. The van der Waals surface area contributed by atoms with Gasteiger partial charge in [0.05, 0.1) is 5.41 Å². The molecule has 1 saturated heterocycles. The number of aliphatic carboxylic acids is 1. The molecule has 1 N–H and O–H groups in total. The van der Waals surface area contributed by atoms with Crippen molar-refractivity contribution >= 4 is 5.97 Å². The van der Waals surface area contributed by atoms with Crippen LogP contribution in [0.25, 0.3) is 0 Å². The highest BCUT2D eigenvalue weighted by Crippen LogP contribution is 2.39. The Labute approximate surface area is 111 Å². The average molecular weight is 253 g/mol. The fourth-order valence-corrected chi connectivity index (χ4v) is 3.93. The molecule has 18 heavy (non-hydrogen) atoms. The first-order valence-corrected chi connectivity index (χ1v) is 7.60. The third-order valence-corrected chi connectivity index (χ3v) is 5.44. The summed E-state index contributed by atoms with van der Waals surface area (Å²) in [5, 5.41) is 9.55. The zero-order chi connectivity index (χ0) is 13.2. The van der Waals surface area contributed by atoms with Crippen molar-refractivity contribution in [3.8, 4) is 0 Å². The maximum Gasteiger partial charge on any atom is 0.310 e. The van der Waals surface area contributed by atoms with Gasteiger partial charge in [-0.2, -0.15) is 0 Å². The molecule has 2 unspecified atom stereocenters. The predicted octanol–water partition coefficient (Wildman–Crippen LogP) is 3.14. The second-order valence-corrected chi connectivity index (χ2v) is 6.16. The minimum Gasteiger partial charge on any atom is -0.481 e. The average Bonchev–Trinajstić information content (AvgIpc) is 2.79. The minimum absolute atomic E-state index is 0.521. The molecule has 104 valence electrons. The number of hydrogen-bond donors (Lipinski definition) is 1. The molecule has 0 aromatic carbocycles. The summed E-state index contributed by atoms with van der Waals surface area (Å²) in [4.78, 5) is 14.1.